The highest BCUT2D eigenvalue weighted by atomic mass is 16.4. The predicted octanol–water partition coefficient (Wildman–Crippen LogP) is 3.48. The van der Waals surface area contributed by atoms with Crippen LogP contribution in [-0.4, -0.2) is 38.8 Å². The summed E-state index contributed by atoms with van der Waals surface area (Å²) in [6.07, 6.45) is 9.76. The normalized spacial score (nSPS) is 18.6. The summed E-state index contributed by atoms with van der Waals surface area (Å²) in [6.45, 7) is 0. The van der Waals surface area contributed by atoms with E-state index < -0.39 is 11.5 Å². The minimum atomic E-state index is -1.04. The van der Waals surface area contributed by atoms with E-state index in [-0.39, 0.29) is 29.3 Å². The third-order valence-corrected chi connectivity index (χ3v) is 4.33. The maximum Gasteiger partial charge on any atom is 0.303 e. The highest BCUT2D eigenvalue weighted by molar-refractivity contribution is 6.09. The Hall–Kier alpha value is -2.63. The molecule has 1 heterocycles. The van der Waals surface area contributed by atoms with Crippen LogP contribution in [0.5, 0.6) is 11.5 Å². The quantitative estimate of drug-likeness (QED) is 0.342. The number of hydrogen-bond donors (Lipinski definition) is 3. The molecule has 2 rings (SSSR count). The summed E-state index contributed by atoms with van der Waals surface area (Å²) in [4.78, 5) is 27.7. The number of carboxylic acids is 1. The van der Waals surface area contributed by atoms with Crippen LogP contribution in [0.15, 0.2) is 35.3 Å². The number of ketones is 1. The Morgan fingerprint density at radius 2 is 1.76 bits per heavy atom. The molecule has 0 fully saturated rings. The summed E-state index contributed by atoms with van der Waals surface area (Å²) < 4.78 is 0. The highest BCUT2D eigenvalue weighted by Gasteiger charge is 2.38. The molecule has 1 aromatic rings. The number of phenolic OH excluding ortho intramolecular Hbond substituents is 2. The van der Waals surface area contributed by atoms with Gasteiger partial charge in [0, 0.05) is 12.6 Å². The van der Waals surface area contributed by atoms with Gasteiger partial charge in [-0.3, -0.25) is 14.6 Å². The van der Waals surface area contributed by atoms with Crippen LogP contribution in [0.25, 0.3) is 0 Å². The summed E-state index contributed by atoms with van der Waals surface area (Å²) in [5, 5.41) is 28.1. The van der Waals surface area contributed by atoms with Gasteiger partial charge in [-0.25, -0.2) is 0 Å². The Morgan fingerprint density at radius 1 is 1.04 bits per heavy atom. The van der Waals surface area contributed by atoms with Crippen LogP contribution in [0.4, 0.5) is 0 Å². The molecular formula is C19H23NO5. The lowest BCUT2D eigenvalue weighted by atomic mass is 9.85. The van der Waals surface area contributed by atoms with Crippen LogP contribution in [-0.2, 0) is 4.79 Å². The van der Waals surface area contributed by atoms with Crippen LogP contribution in [0.3, 0.4) is 0 Å². The van der Waals surface area contributed by atoms with Gasteiger partial charge in [-0.2, -0.15) is 0 Å². The molecule has 1 aromatic carbocycles. The van der Waals surface area contributed by atoms with E-state index in [1.54, 1.807) is 18.4 Å². The van der Waals surface area contributed by atoms with Crippen molar-refractivity contribution in [1.29, 1.82) is 0 Å². The third-order valence-electron chi connectivity index (χ3n) is 4.33. The number of carboxylic acid groups (broad SMARTS) is 1. The second kappa shape index (κ2) is 8.46. The molecule has 25 heavy (non-hydrogen) atoms. The van der Waals surface area contributed by atoms with E-state index in [0.717, 1.165) is 25.7 Å². The molecule has 1 aliphatic rings. The lowest BCUT2D eigenvalue weighted by molar-refractivity contribution is -0.137. The van der Waals surface area contributed by atoms with Crippen LogP contribution in [0.2, 0.25) is 0 Å². The van der Waals surface area contributed by atoms with Gasteiger partial charge in [-0.05, 0) is 43.2 Å². The molecule has 0 aliphatic carbocycles. The molecule has 6 nitrogen and oxygen atoms in total. The van der Waals surface area contributed by atoms with Gasteiger partial charge in [0.1, 0.15) is 17.0 Å². The van der Waals surface area contributed by atoms with E-state index >= 15 is 0 Å². The molecule has 0 aromatic heterocycles. The van der Waals surface area contributed by atoms with Crippen molar-refractivity contribution in [2.75, 3.05) is 0 Å². The fourth-order valence-electron chi connectivity index (χ4n) is 2.96. The summed E-state index contributed by atoms with van der Waals surface area (Å²) in [5.74, 6) is -1.37. The van der Waals surface area contributed by atoms with Gasteiger partial charge in [0.25, 0.3) is 0 Å². The second-order valence-corrected chi connectivity index (χ2v) is 6.25. The lowest BCUT2D eigenvalue weighted by Crippen LogP contribution is -2.33. The Kier molecular flexibility index (Phi) is 6.33. The second-order valence-electron chi connectivity index (χ2n) is 6.25. The predicted molar refractivity (Wildman–Crippen MR) is 94.4 cm³/mol. The number of aliphatic imine (C=N–C) groups is 1. The first-order chi connectivity index (χ1) is 11.9. The topological polar surface area (TPSA) is 107 Å². The molecule has 1 atom stereocenters. The van der Waals surface area contributed by atoms with Gasteiger partial charge in [-0.15, -0.1) is 0 Å². The van der Waals surface area contributed by atoms with E-state index in [2.05, 4.69) is 4.99 Å². The molecule has 1 aliphatic heterocycles. The number of carbonyl (C=O) groups excluding carboxylic acids is 1. The van der Waals surface area contributed by atoms with Gasteiger partial charge in [-0.1, -0.05) is 25.7 Å². The fraction of sp³-hybridized carbons (Fsp3) is 0.421. The number of rotatable bonds is 10. The monoisotopic (exact) mass is 345 g/mol. The van der Waals surface area contributed by atoms with Gasteiger partial charge in [0.2, 0.25) is 0 Å². The maximum atomic E-state index is 12.9. The van der Waals surface area contributed by atoms with E-state index in [1.807, 2.05) is 0 Å². The molecule has 1 unspecified atom stereocenters. The molecule has 0 saturated carbocycles. The van der Waals surface area contributed by atoms with Crippen molar-refractivity contribution in [2.45, 2.75) is 50.5 Å². The molecule has 134 valence electrons. The Labute approximate surface area is 146 Å². The Morgan fingerprint density at radius 3 is 2.44 bits per heavy atom. The molecule has 0 radical (unpaired) electrons. The number of Topliss-reactive ketones (excluding diaryl/α,β-unsaturated/α-hetero) is 1. The van der Waals surface area contributed by atoms with E-state index in [1.165, 1.54) is 18.2 Å². The van der Waals surface area contributed by atoms with Gasteiger partial charge in [0.05, 0.1) is 5.56 Å². The third kappa shape index (κ3) is 4.92. The van der Waals surface area contributed by atoms with Gasteiger partial charge < -0.3 is 15.3 Å². The molecule has 0 amide bonds. The lowest BCUT2D eigenvalue weighted by Gasteiger charge is -2.23. The number of phenols is 2. The fourth-order valence-corrected chi connectivity index (χ4v) is 2.96. The summed E-state index contributed by atoms with van der Waals surface area (Å²) >= 11 is 0. The number of aliphatic carboxylic acids is 1. The van der Waals surface area contributed by atoms with Crippen LogP contribution >= 0.6 is 0 Å². The van der Waals surface area contributed by atoms with Crippen molar-refractivity contribution in [2.24, 2.45) is 4.99 Å². The highest BCUT2D eigenvalue weighted by Crippen LogP contribution is 2.33. The number of carbonyl (C=O) groups is 2. The number of benzene rings is 1. The minimum absolute atomic E-state index is 0.0603. The van der Waals surface area contributed by atoms with Crippen molar-refractivity contribution >= 4 is 18.0 Å². The van der Waals surface area contributed by atoms with Crippen LogP contribution in [0.1, 0.15) is 55.3 Å². The zero-order chi connectivity index (χ0) is 18.3. The SMILES string of the molecule is O=C(O)CCCCCCCC1(C(=O)c2cc(O)ccc2O)C=CC=N1. The van der Waals surface area contributed by atoms with E-state index in [9.17, 15) is 19.8 Å². The van der Waals surface area contributed by atoms with Crippen molar-refractivity contribution < 1.29 is 24.9 Å². The van der Waals surface area contributed by atoms with Crippen molar-refractivity contribution in [1.82, 2.24) is 0 Å². The van der Waals surface area contributed by atoms with Crippen molar-refractivity contribution in [3.8, 4) is 11.5 Å². The molecule has 0 spiro atoms. The van der Waals surface area contributed by atoms with Crippen molar-refractivity contribution in [3.63, 3.8) is 0 Å². The molecule has 6 heteroatoms. The van der Waals surface area contributed by atoms with E-state index in [4.69, 9.17) is 5.11 Å². The number of aromatic hydroxyl groups is 2. The zero-order valence-corrected chi connectivity index (χ0v) is 14.0. The van der Waals surface area contributed by atoms with E-state index in [0.29, 0.717) is 12.8 Å². The first-order valence-electron chi connectivity index (χ1n) is 8.46. The average Bonchev–Trinajstić information content (AvgIpc) is 3.05. The van der Waals surface area contributed by atoms with Gasteiger partial charge >= 0.3 is 5.97 Å². The molecular weight excluding hydrogens is 322 g/mol. The maximum absolute atomic E-state index is 12.9. The number of allylic oxidation sites excluding steroid dienone is 1. The Balaban J connectivity index is 1.94. The Bertz CT molecular complexity index is 681. The number of hydrogen-bond acceptors (Lipinski definition) is 5. The van der Waals surface area contributed by atoms with Crippen LogP contribution in [0, 0.1) is 0 Å². The largest absolute Gasteiger partial charge is 0.508 e. The van der Waals surface area contributed by atoms with Crippen molar-refractivity contribution in [3.05, 3.63) is 35.9 Å². The minimum Gasteiger partial charge on any atom is -0.508 e. The molecule has 0 saturated heterocycles. The summed E-state index contributed by atoms with van der Waals surface area (Å²) in [5.41, 5.74) is -0.975. The zero-order valence-electron chi connectivity index (χ0n) is 14.0. The molecule has 0 bridgehead atoms. The average molecular weight is 345 g/mol. The first-order valence-corrected chi connectivity index (χ1v) is 8.46. The molecule has 3 N–H and O–H groups in total. The summed E-state index contributed by atoms with van der Waals surface area (Å²) in [6, 6.07) is 3.87. The number of unbranched alkanes of at least 4 members (excludes halogenated alkanes) is 4. The number of nitrogens with zero attached hydrogens (tertiary/aromatic N) is 1. The summed E-state index contributed by atoms with van der Waals surface area (Å²) in [7, 11) is 0. The smallest absolute Gasteiger partial charge is 0.303 e. The van der Waals surface area contributed by atoms with Crippen LogP contribution < -0.4 is 0 Å². The van der Waals surface area contributed by atoms with Gasteiger partial charge in [0.15, 0.2) is 5.78 Å². The standard InChI is InChI=1S/C19H23NO5/c21-14-8-9-16(22)15(13-14)18(25)19(11-6-12-20-19)10-5-3-1-2-4-7-17(23)24/h6,8-9,11-13,21-22H,1-5,7,10H2,(H,23,24). The first kappa shape index (κ1) is 18.7.